The van der Waals surface area contributed by atoms with Crippen LogP contribution < -0.4 is 4.74 Å². The first-order valence-electron chi connectivity index (χ1n) is 9.47. The van der Waals surface area contributed by atoms with Gasteiger partial charge in [0, 0.05) is 24.5 Å². The molecule has 2 amide bonds. The Hall–Kier alpha value is -2.76. The van der Waals surface area contributed by atoms with Gasteiger partial charge in [0.05, 0.1) is 6.54 Å². The average molecular weight is 368 g/mol. The lowest BCUT2D eigenvalue weighted by Gasteiger charge is -2.35. The van der Waals surface area contributed by atoms with Crippen LogP contribution >= 0.6 is 0 Å². The highest BCUT2D eigenvalue weighted by atomic mass is 16.6. The predicted octanol–water partition coefficient (Wildman–Crippen LogP) is 3.05. The topological polar surface area (TPSA) is 59.1 Å². The van der Waals surface area contributed by atoms with E-state index < -0.39 is 0 Å². The fraction of sp³-hybridized carbons (Fsp3) is 0.429. The number of cyclic esters (lactones) is 1. The molecule has 2 fully saturated rings. The van der Waals surface area contributed by atoms with Gasteiger partial charge in [0.1, 0.15) is 11.9 Å². The number of amides is 2. The highest BCUT2D eigenvalue weighted by Crippen LogP contribution is 2.26. The highest BCUT2D eigenvalue weighted by Gasteiger charge is 2.36. The van der Waals surface area contributed by atoms with Crippen LogP contribution in [0.3, 0.4) is 0 Å². The van der Waals surface area contributed by atoms with Crippen molar-refractivity contribution in [2.24, 2.45) is 0 Å². The molecule has 0 aliphatic carbocycles. The average Bonchev–Trinajstić information content (AvgIpc) is 3.04. The normalized spacial score (nSPS) is 20.8. The van der Waals surface area contributed by atoms with Gasteiger partial charge in [-0.25, -0.2) is 4.79 Å². The molecule has 0 N–H and O–H groups in total. The first-order chi connectivity index (χ1) is 13.1. The van der Waals surface area contributed by atoms with Crippen molar-refractivity contribution >= 4 is 22.8 Å². The summed E-state index contributed by atoms with van der Waals surface area (Å²) in [5, 5.41) is 2.10. The van der Waals surface area contributed by atoms with Crippen molar-refractivity contribution in [3.63, 3.8) is 0 Å². The molecule has 0 bridgehead atoms. The molecule has 0 spiro atoms. The van der Waals surface area contributed by atoms with Gasteiger partial charge in [-0.2, -0.15) is 0 Å². The number of carbonyl (C=O) groups is 2. The number of hydrogen-bond donors (Lipinski definition) is 0. The second-order valence-electron chi connectivity index (χ2n) is 7.22. The molecule has 6 nitrogen and oxygen atoms in total. The Morgan fingerprint density at radius 3 is 2.63 bits per heavy atom. The zero-order valence-corrected chi connectivity index (χ0v) is 15.5. The third-order valence-electron chi connectivity index (χ3n) is 5.35. The van der Waals surface area contributed by atoms with E-state index in [4.69, 9.17) is 9.47 Å². The van der Waals surface area contributed by atoms with Crippen molar-refractivity contribution in [3.05, 3.63) is 42.5 Å². The van der Waals surface area contributed by atoms with Gasteiger partial charge in [0.25, 0.3) is 5.91 Å². The van der Waals surface area contributed by atoms with Crippen molar-refractivity contribution in [2.75, 3.05) is 26.2 Å². The van der Waals surface area contributed by atoms with Gasteiger partial charge in [-0.15, -0.1) is 0 Å². The molecule has 2 aromatic rings. The van der Waals surface area contributed by atoms with Gasteiger partial charge in [-0.05, 0) is 31.2 Å². The number of piperidine rings is 1. The lowest BCUT2D eigenvalue weighted by Crippen LogP contribution is -2.48. The minimum Gasteiger partial charge on any atom is -0.483 e. The molecule has 27 heavy (non-hydrogen) atoms. The van der Waals surface area contributed by atoms with Gasteiger partial charge in [-0.3, -0.25) is 4.79 Å². The van der Waals surface area contributed by atoms with Crippen LogP contribution in [-0.2, 0) is 9.53 Å². The summed E-state index contributed by atoms with van der Waals surface area (Å²) in [7, 11) is 0. The lowest BCUT2D eigenvalue weighted by molar-refractivity contribution is -0.134. The first-order valence-corrected chi connectivity index (χ1v) is 9.47. The number of likely N-dealkylation sites (tertiary alicyclic amines) is 1. The Labute approximate surface area is 158 Å². The van der Waals surface area contributed by atoms with Crippen LogP contribution in [0.25, 0.3) is 10.8 Å². The van der Waals surface area contributed by atoms with Gasteiger partial charge in [-0.1, -0.05) is 36.4 Å². The molecule has 2 saturated heterocycles. The molecule has 1 unspecified atom stereocenters. The summed E-state index contributed by atoms with van der Waals surface area (Å²) in [4.78, 5) is 28.0. The Kier molecular flexibility index (Phi) is 4.88. The molecule has 2 aromatic carbocycles. The van der Waals surface area contributed by atoms with E-state index in [0.29, 0.717) is 19.6 Å². The smallest absolute Gasteiger partial charge is 0.410 e. The van der Waals surface area contributed by atoms with Crippen molar-refractivity contribution in [1.82, 2.24) is 9.80 Å². The maximum absolute atomic E-state index is 12.5. The zero-order chi connectivity index (χ0) is 18.8. The van der Waals surface area contributed by atoms with E-state index in [9.17, 15) is 9.59 Å². The largest absolute Gasteiger partial charge is 0.483 e. The SMILES string of the molecule is CC1CN(C2CCN(C(=O)COc3cccc4ccccc34)CC2)C(=O)O1. The van der Waals surface area contributed by atoms with E-state index in [2.05, 4.69) is 0 Å². The van der Waals surface area contributed by atoms with Gasteiger partial charge >= 0.3 is 6.09 Å². The standard InChI is InChI=1S/C21H24N2O4/c1-15-13-23(21(25)27-15)17-9-11-22(12-10-17)20(24)14-26-19-8-4-6-16-5-2-3-7-18(16)19/h2-8,15,17H,9-14H2,1H3. The van der Waals surface area contributed by atoms with E-state index in [1.165, 1.54) is 0 Å². The fourth-order valence-corrected chi connectivity index (χ4v) is 3.91. The molecule has 4 rings (SSSR count). The van der Waals surface area contributed by atoms with Crippen LogP contribution in [0.2, 0.25) is 0 Å². The van der Waals surface area contributed by atoms with E-state index in [1.54, 1.807) is 4.90 Å². The third-order valence-corrected chi connectivity index (χ3v) is 5.35. The van der Waals surface area contributed by atoms with Crippen LogP contribution in [0.1, 0.15) is 19.8 Å². The summed E-state index contributed by atoms with van der Waals surface area (Å²) < 4.78 is 11.0. The number of nitrogens with zero attached hydrogens (tertiary/aromatic N) is 2. The second kappa shape index (κ2) is 7.47. The van der Waals surface area contributed by atoms with E-state index in [0.717, 1.165) is 29.4 Å². The van der Waals surface area contributed by atoms with Crippen molar-refractivity contribution < 1.29 is 19.1 Å². The van der Waals surface area contributed by atoms with Gasteiger partial charge < -0.3 is 19.3 Å². The Balaban J connectivity index is 1.31. The summed E-state index contributed by atoms with van der Waals surface area (Å²) >= 11 is 0. The number of hydrogen-bond acceptors (Lipinski definition) is 4. The van der Waals surface area contributed by atoms with E-state index in [1.807, 2.05) is 54.3 Å². The quantitative estimate of drug-likeness (QED) is 0.832. The zero-order valence-electron chi connectivity index (χ0n) is 15.5. The number of ether oxygens (including phenoxy) is 2. The lowest BCUT2D eigenvalue weighted by atomic mass is 10.0. The highest BCUT2D eigenvalue weighted by molar-refractivity contribution is 5.88. The van der Waals surface area contributed by atoms with E-state index in [-0.39, 0.29) is 30.8 Å². The summed E-state index contributed by atoms with van der Waals surface area (Å²) in [5.41, 5.74) is 0. The second-order valence-corrected chi connectivity index (χ2v) is 7.22. The molecule has 1 atom stereocenters. The van der Waals surface area contributed by atoms with Gasteiger partial charge in [0.2, 0.25) is 0 Å². The van der Waals surface area contributed by atoms with Crippen LogP contribution in [-0.4, -0.2) is 60.2 Å². The Morgan fingerprint density at radius 1 is 1.15 bits per heavy atom. The van der Waals surface area contributed by atoms with Crippen LogP contribution in [0.15, 0.2) is 42.5 Å². The molecular weight excluding hydrogens is 344 g/mol. The van der Waals surface area contributed by atoms with Crippen molar-refractivity contribution in [3.8, 4) is 5.75 Å². The Morgan fingerprint density at radius 2 is 1.89 bits per heavy atom. The first kappa shape index (κ1) is 17.6. The summed E-state index contributed by atoms with van der Waals surface area (Å²) in [6.07, 6.45) is 1.28. The number of carbonyl (C=O) groups excluding carboxylic acids is 2. The fourth-order valence-electron chi connectivity index (χ4n) is 3.91. The predicted molar refractivity (Wildman–Crippen MR) is 102 cm³/mol. The molecule has 6 heteroatoms. The van der Waals surface area contributed by atoms with Crippen molar-refractivity contribution in [2.45, 2.75) is 31.9 Å². The molecule has 0 aromatic heterocycles. The molecule has 2 aliphatic rings. The molecular formula is C21H24N2O4. The number of benzene rings is 2. The van der Waals surface area contributed by atoms with Crippen LogP contribution in [0.5, 0.6) is 5.75 Å². The van der Waals surface area contributed by atoms with Crippen LogP contribution in [0, 0.1) is 0 Å². The van der Waals surface area contributed by atoms with Crippen molar-refractivity contribution in [1.29, 1.82) is 0 Å². The monoisotopic (exact) mass is 368 g/mol. The Bertz CT molecular complexity index is 840. The summed E-state index contributed by atoms with van der Waals surface area (Å²) in [6, 6.07) is 14.0. The maximum atomic E-state index is 12.5. The minimum absolute atomic E-state index is 0.0150. The minimum atomic E-state index is -0.230. The summed E-state index contributed by atoms with van der Waals surface area (Å²) in [6.45, 7) is 3.85. The number of fused-ring (bicyclic) bond motifs is 1. The molecule has 2 aliphatic heterocycles. The number of rotatable bonds is 4. The van der Waals surface area contributed by atoms with E-state index >= 15 is 0 Å². The molecule has 2 heterocycles. The molecule has 0 radical (unpaired) electrons. The maximum Gasteiger partial charge on any atom is 0.410 e. The van der Waals surface area contributed by atoms with Gasteiger partial charge in [0.15, 0.2) is 6.61 Å². The van der Waals surface area contributed by atoms with Crippen LogP contribution in [0.4, 0.5) is 4.79 Å². The molecule has 142 valence electrons. The third kappa shape index (κ3) is 3.70. The molecule has 0 saturated carbocycles. The summed E-state index contributed by atoms with van der Waals surface area (Å²) in [5.74, 6) is 0.712.